The Hall–Kier alpha value is -0.530. The van der Waals surface area contributed by atoms with Gasteiger partial charge in [-0.2, -0.15) is 0 Å². The van der Waals surface area contributed by atoms with E-state index >= 15 is 0 Å². The van der Waals surface area contributed by atoms with Gasteiger partial charge >= 0.3 is 5.97 Å². The Balaban J connectivity index is 1.95. The van der Waals surface area contributed by atoms with Crippen molar-refractivity contribution < 1.29 is 9.90 Å². The quantitative estimate of drug-likeness (QED) is 0.597. The van der Waals surface area contributed by atoms with Crippen LogP contribution < -0.4 is 0 Å². The van der Waals surface area contributed by atoms with Crippen LogP contribution in [-0.4, -0.2) is 11.1 Å². The van der Waals surface area contributed by atoms with Crippen molar-refractivity contribution in [1.29, 1.82) is 0 Å². The van der Waals surface area contributed by atoms with Crippen LogP contribution in [0.15, 0.2) is 0 Å². The van der Waals surface area contributed by atoms with Gasteiger partial charge in [0, 0.05) is 0 Å². The fourth-order valence-corrected chi connectivity index (χ4v) is 2.37. The van der Waals surface area contributed by atoms with E-state index in [1.807, 2.05) is 0 Å². The zero-order chi connectivity index (χ0) is 7.30. The van der Waals surface area contributed by atoms with Gasteiger partial charge in [0.2, 0.25) is 0 Å². The van der Waals surface area contributed by atoms with E-state index in [1.54, 1.807) is 0 Å². The molecule has 2 saturated carbocycles. The van der Waals surface area contributed by atoms with Gasteiger partial charge in [-0.1, -0.05) is 6.92 Å². The third-order valence-corrected chi connectivity index (χ3v) is 3.22. The molecule has 10 heavy (non-hydrogen) atoms. The SMILES string of the molecule is CC1C2CC(C(=O)O)CC12. The number of carboxylic acid groups (broad SMARTS) is 1. The summed E-state index contributed by atoms with van der Waals surface area (Å²) in [6.07, 6.45) is 1.89. The van der Waals surface area contributed by atoms with Gasteiger partial charge in [0.25, 0.3) is 0 Å². The maximum atomic E-state index is 10.5. The third-order valence-electron chi connectivity index (χ3n) is 3.22. The van der Waals surface area contributed by atoms with Gasteiger partial charge in [0.1, 0.15) is 0 Å². The zero-order valence-corrected chi connectivity index (χ0v) is 6.08. The van der Waals surface area contributed by atoms with Crippen LogP contribution in [0.3, 0.4) is 0 Å². The summed E-state index contributed by atoms with van der Waals surface area (Å²) in [7, 11) is 0. The van der Waals surface area contributed by atoms with Crippen molar-refractivity contribution in [3.63, 3.8) is 0 Å². The number of carbonyl (C=O) groups is 1. The molecule has 0 radical (unpaired) electrons. The molecule has 2 aliphatic carbocycles. The highest BCUT2D eigenvalue weighted by Gasteiger charge is 2.54. The summed E-state index contributed by atoms with van der Waals surface area (Å²) in [5.41, 5.74) is 0. The standard InChI is InChI=1S/C8H12O2/c1-4-6-2-5(8(9)10)3-7(4)6/h4-7H,2-3H2,1H3,(H,9,10). The minimum atomic E-state index is -0.584. The first kappa shape index (κ1) is 6.20. The summed E-state index contributed by atoms with van der Waals surface area (Å²) < 4.78 is 0. The van der Waals surface area contributed by atoms with Gasteiger partial charge in [0.15, 0.2) is 0 Å². The van der Waals surface area contributed by atoms with Crippen molar-refractivity contribution >= 4 is 5.97 Å². The Labute approximate surface area is 60.2 Å². The molecule has 2 nitrogen and oxygen atoms in total. The van der Waals surface area contributed by atoms with Crippen LogP contribution in [0.4, 0.5) is 0 Å². The van der Waals surface area contributed by atoms with Crippen molar-refractivity contribution in [2.24, 2.45) is 23.7 Å². The molecule has 2 fully saturated rings. The van der Waals surface area contributed by atoms with E-state index in [2.05, 4.69) is 6.92 Å². The topological polar surface area (TPSA) is 37.3 Å². The van der Waals surface area contributed by atoms with Gasteiger partial charge < -0.3 is 5.11 Å². The highest BCUT2D eigenvalue weighted by atomic mass is 16.4. The first-order valence-electron chi connectivity index (χ1n) is 3.93. The van der Waals surface area contributed by atoms with Crippen molar-refractivity contribution in [3.8, 4) is 0 Å². The predicted molar refractivity (Wildman–Crippen MR) is 36.5 cm³/mol. The molecule has 0 spiro atoms. The lowest BCUT2D eigenvalue weighted by molar-refractivity contribution is -0.141. The Morgan fingerprint density at radius 3 is 2.30 bits per heavy atom. The van der Waals surface area contributed by atoms with Crippen LogP contribution in [-0.2, 0) is 4.79 Å². The molecule has 0 bridgehead atoms. The van der Waals surface area contributed by atoms with E-state index < -0.39 is 5.97 Å². The third kappa shape index (κ3) is 0.678. The summed E-state index contributed by atoms with van der Waals surface area (Å²) >= 11 is 0. The van der Waals surface area contributed by atoms with Crippen molar-refractivity contribution in [2.45, 2.75) is 19.8 Å². The molecule has 0 aromatic carbocycles. The molecule has 2 heteroatoms. The van der Waals surface area contributed by atoms with Gasteiger partial charge in [-0.3, -0.25) is 4.79 Å². The summed E-state index contributed by atoms with van der Waals surface area (Å²) in [5, 5.41) is 8.64. The molecule has 2 atom stereocenters. The largest absolute Gasteiger partial charge is 0.481 e. The fraction of sp³-hybridized carbons (Fsp3) is 0.875. The molecule has 0 saturated heterocycles. The number of rotatable bonds is 1. The van der Waals surface area contributed by atoms with Gasteiger partial charge in [0.05, 0.1) is 5.92 Å². The summed E-state index contributed by atoms with van der Waals surface area (Å²) in [4.78, 5) is 10.5. The first-order chi connectivity index (χ1) is 4.70. The maximum absolute atomic E-state index is 10.5. The molecule has 2 aliphatic rings. The van der Waals surface area contributed by atoms with E-state index in [-0.39, 0.29) is 5.92 Å². The molecule has 2 unspecified atom stereocenters. The van der Waals surface area contributed by atoms with Crippen LogP contribution in [0.25, 0.3) is 0 Å². The lowest BCUT2D eigenvalue weighted by atomic mass is 10.0. The second kappa shape index (κ2) is 1.74. The smallest absolute Gasteiger partial charge is 0.306 e. The van der Waals surface area contributed by atoms with Gasteiger partial charge in [-0.05, 0) is 30.6 Å². The van der Waals surface area contributed by atoms with Crippen LogP contribution in [0.5, 0.6) is 0 Å². The molecule has 0 amide bonds. The Morgan fingerprint density at radius 2 is 1.90 bits per heavy atom. The monoisotopic (exact) mass is 140 g/mol. The number of carboxylic acids is 1. The lowest BCUT2D eigenvalue weighted by Crippen LogP contribution is -2.11. The van der Waals surface area contributed by atoms with Gasteiger partial charge in [-0.15, -0.1) is 0 Å². The highest BCUT2D eigenvalue weighted by molar-refractivity contribution is 5.70. The zero-order valence-electron chi connectivity index (χ0n) is 6.08. The van der Waals surface area contributed by atoms with E-state index in [4.69, 9.17) is 5.11 Å². The van der Waals surface area contributed by atoms with Crippen molar-refractivity contribution in [2.75, 3.05) is 0 Å². The Bertz CT molecular complexity index is 164. The summed E-state index contributed by atoms with van der Waals surface area (Å²) in [6, 6.07) is 0. The van der Waals surface area contributed by atoms with Crippen LogP contribution >= 0.6 is 0 Å². The van der Waals surface area contributed by atoms with E-state index in [9.17, 15) is 4.79 Å². The van der Waals surface area contributed by atoms with E-state index in [0.717, 1.165) is 30.6 Å². The second-order valence-electron chi connectivity index (χ2n) is 3.69. The normalized spacial score (nSPS) is 50.5. The summed E-state index contributed by atoms with van der Waals surface area (Å²) in [6.45, 7) is 2.23. The number of hydrogen-bond acceptors (Lipinski definition) is 1. The molecular weight excluding hydrogens is 128 g/mol. The molecule has 0 aliphatic heterocycles. The van der Waals surface area contributed by atoms with E-state index in [0.29, 0.717) is 0 Å². The molecule has 0 aromatic heterocycles. The number of fused-ring (bicyclic) bond motifs is 1. The van der Waals surface area contributed by atoms with Crippen molar-refractivity contribution in [1.82, 2.24) is 0 Å². The van der Waals surface area contributed by atoms with Crippen LogP contribution in [0, 0.1) is 23.7 Å². The van der Waals surface area contributed by atoms with E-state index in [1.165, 1.54) is 0 Å². The maximum Gasteiger partial charge on any atom is 0.306 e. The second-order valence-corrected chi connectivity index (χ2v) is 3.69. The number of aliphatic carboxylic acids is 1. The average molecular weight is 140 g/mol. The average Bonchev–Trinajstić information content (AvgIpc) is 2.38. The summed E-state index contributed by atoms with van der Waals surface area (Å²) in [5.74, 6) is 1.77. The lowest BCUT2D eigenvalue weighted by Gasteiger charge is -2.05. The Kier molecular flexibility index (Phi) is 1.08. The molecule has 56 valence electrons. The highest BCUT2D eigenvalue weighted by Crippen LogP contribution is 2.59. The minimum absolute atomic E-state index is 0.00815. The molecule has 0 heterocycles. The molecule has 0 aromatic rings. The van der Waals surface area contributed by atoms with Crippen molar-refractivity contribution in [3.05, 3.63) is 0 Å². The predicted octanol–water partition coefficient (Wildman–Crippen LogP) is 1.36. The molecular formula is C8H12O2. The first-order valence-corrected chi connectivity index (χ1v) is 3.93. The molecule has 1 N–H and O–H groups in total. The molecule has 2 rings (SSSR count). The van der Waals surface area contributed by atoms with Crippen LogP contribution in [0.2, 0.25) is 0 Å². The van der Waals surface area contributed by atoms with Crippen LogP contribution in [0.1, 0.15) is 19.8 Å². The van der Waals surface area contributed by atoms with Gasteiger partial charge in [-0.25, -0.2) is 0 Å². The number of hydrogen-bond donors (Lipinski definition) is 1. The Morgan fingerprint density at radius 1 is 1.40 bits per heavy atom. The minimum Gasteiger partial charge on any atom is -0.481 e. The fourth-order valence-electron chi connectivity index (χ4n) is 2.37.